The first-order valence-electron chi connectivity index (χ1n) is 6.27. The van der Waals surface area contributed by atoms with E-state index in [9.17, 15) is 9.50 Å². The van der Waals surface area contributed by atoms with Crippen molar-refractivity contribution < 1.29 is 9.50 Å². The van der Waals surface area contributed by atoms with Gasteiger partial charge in [-0.3, -0.25) is 0 Å². The lowest BCUT2D eigenvalue weighted by atomic mass is 10.1. The van der Waals surface area contributed by atoms with Crippen molar-refractivity contribution in [1.29, 1.82) is 0 Å². The second-order valence-corrected chi connectivity index (χ2v) is 5.97. The van der Waals surface area contributed by atoms with Gasteiger partial charge in [-0.25, -0.2) is 4.39 Å². The fourth-order valence-corrected chi connectivity index (χ4v) is 2.83. The minimum absolute atomic E-state index is 0.0331. The zero-order chi connectivity index (χ0) is 13.1. The minimum atomic E-state index is -0.380. The molecular weight excluding hydrogens is 346 g/mol. The minimum Gasteiger partial charge on any atom is -0.397 e. The second-order valence-electron chi connectivity index (χ2n) is 4.81. The van der Waals surface area contributed by atoms with E-state index in [2.05, 4.69) is 5.32 Å². The molecule has 1 aromatic rings. The van der Waals surface area contributed by atoms with Gasteiger partial charge in [-0.15, -0.1) is 0 Å². The van der Waals surface area contributed by atoms with Crippen LogP contribution in [0, 0.1) is 9.39 Å². The normalized spacial score (nSPS) is 24.6. The second kappa shape index (κ2) is 6.06. The summed E-state index contributed by atoms with van der Waals surface area (Å²) in [6, 6.07) is 2.99. The maximum Gasteiger partial charge on any atom is 0.138 e. The van der Waals surface area contributed by atoms with E-state index < -0.39 is 0 Å². The van der Waals surface area contributed by atoms with Crippen LogP contribution in [-0.4, -0.2) is 17.3 Å². The third-order valence-electron chi connectivity index (χ3n) is 3.41. The van der Waals surface area contributed by atoms with Crippen molar-refractivity contribution >= 4 is 34.0 Å². The Hall–Kier alpha value is -0.560. The van der Waals surface area contributed by atoms with Gasteiger partial charge in [0.2, 0.25) is 0 Å². The Morgan fingerprint density at radius 2 is 2.00 bits per heavy atom. The van der Waals surface area contributed by atoms with Crippen LogP contribution in [0.15, 0.2) is 12.1 Å². The topological polar surface area (TPSA) is 58.3 Å². The first kappa shape index (κ1) is 13.9. The number of halogens is 2. The standard InChI is InChI=1S/C13H18FIN2O/c14-8-6-12(10(16)7-9(8)15)17-11-4-2-1-3-5-13(11)18/h6-7,11,13,17-18H,1-5,16H2. The Bertz CT molecular complexity index is 428. The first-order valence-corrected chi connectivity index (χ1v) is 7.35. The van der Waals surface area contributed by atoms with E-state index in [0.717, 1.165) is 32.1 Å². The van der Waals surface area contributed by atoms with Gasteiger partial charge < -0.3 is 16.2 Å². The van der Waals surface area contributed by atoms with Crippen molar-refractivity contribution in [3.63, 3.8) is 0 Å². The van der Waals surface area contributed by atoms with Crippen molar-refractivity contribution in [1.82, 2.24) is 0 Å². The van der Waals surface area contributed by atoms with Crippen LogP contribution in [0.4, 0.5) is 15.8 Å². The van der Waals surface area contributed by atoms with Crippen LogP contribution >= 0.6 is 22.6 Å². The van der Waals surface area contributed by atoms with E-state index in [1.807, 2.05) is 22.6 Å². The molecule has 0 spiro atoms. The Labute approximate surface area is 120 Å². The predicted octanol–water partition coefficient (Wildman–Crippen LogP) is 3.12. The summed E-state index contributed by atoms with van der Waals surface area (Å²) in [5, 5.41) is 13.2. The Balaban J connectivity index is 2.14. The number of hydrogen-bond acceptors (Lipinski definition) is 3. The lowest BCUT2D eigenvalue weighted by Gasteiger charge is -2.24. The number of nitrogens with two attached hydrogens (primary N) is 1. The van der Waals surface area contributed by atoms with Gasteiger partial charge in [-0.1, -0.05) is 19.3 Å². The molecule has 0 aromatic heterocycles. The molecule has 0 amide bonds. The highest BCUT2D eigenvalue weighted by molar-refractivity contribution is 14.1. The molecule has 100 valence electrons. The number of benzene rings is 1. The van der Waals surface area contributed by atoms with Crippen LogP contribution in [0.2, 0.25) is 0 Å². The highest BCUT2D eigenvalue weighted by atomic mass is 127. The Morgan fingerprint density at radius 3 is 2.78 bits per heavy atom. The van der Waals surface area contributed by atoms with E-state index in [4.69, 9.17) is 5.73 Å². The van der Waals surface area contributed by atoms with E-state index in [1.54, 1.807) is 6.07 Å². The molecule has 1 aliphatic carbocycles. The Morgan fingerprint density at radius 1 is 1.28 bits per heavy atom. The van der Waals surface area contributed by atoms with E-state index in [1.165, 1.54) is 6.07 Å². The summed E-state index contributed by atoms with van der Waals surface area (Å²) in [6.45, 7) is 0. The van der Waals surface area contributed by atoms with E-state index in [-0.39, 0.29) is 18.0 Å². The smallest absolute Gasteiger partial charge is 0.138 e. The van der Waals surface area contributed by atoms with Crippen molar-refractivity contribution in [2.45, 2.75) is 44.2 Å². The number of nitrogen functional groups attached to an aromatic ring is 1. The molecule has 1 aliphatic rings. The molecule has 0 heterocycles. The average molecular weight is 364 g/mol. The van der Waals surface area contributed by atoms with Crippen LogP contribution in [-0.2, 0) is 0 Å². The van der Waals surface area contributed by atoms with Crippen LogP contribution < -0.4 is 11.1 Å². The molecular formula is C13H18FIN2O. The van der Waals surface area contributed by atoms with Gasteiger partial charge in [0.15, 0.2) is 0 Å². The number of rotatable bonds is 2. The SMILES string of the molecule is Nc1cc(I)c(F)cc1NC1CCCCCC1O. The lowest BCUT2D eigenvalue weighted by Crippen LogP contribution is -2.32. The van der Waals surface area contributed by atoms with E-state index in [0.29, 0.717) is 14.9 Å². The van der Waals surface area contributed by atoms with Crippen LogP contribution in [0.3, 0.4) is 0 Å². The van der Waals surface area contributed by atoms with Gasteiger partial charge in [0.05, 0.1) is 27.1 Å². The predicted molar refractivity (Wildman–Crippen MR) is 80.0 cm³/mol. The molecule has 1 aromatic carbocycles. The van der Waals surface area contributed by atoms with Gasteiger partial charge in [0, 0.05) is 6.07 Å². The zero-order valence-electron chi connectivity index (χ0n) is 10.1. The molecule has 0 saturated heterocycles. The Kier molecular flexibility index (Phi) is 4.66. The van der Waals surface area contributed by atoms with Crippen molar-refractivity contribution in [2.75, 3.05) is 11.1 Å². The summed E-state index contributed by atoms with van der Waals surface area (Å²) in [5.74, 6) is -0.282. The summed E-state index contributed by atoms with van der Waals surface area (Å²) in [4.78, 5) is 0. The molecule has 0 radical (unpaired) electrons. The number of aliphatic hydroxyl groups is 1. The number of anilines is 2. The highest BCUT2D eigenvalue weighted by Crippen LogP contribution is 2.27. The van der Waals surface area contributed by atoms with Crippen molar-refractivity contribution in [3.05, 3.63) is 21.5 Å². The third kappa shape index (κ3) is 3.26. The highest BCUT2D eigenvalue weighted by Gasteiger charge is 2.22. The third-order valence-corrected chi connectivity index (χ3v) is 4.24. The lowest BCUT2D eigenvalue weighted by molar-refractivity contribution is 0.144. The van der Waals surface area contributed by atoms with Crippen LogP contribution in [0.25, 0.3) is 0 Å². The molecule has 18 heavy (non-hydrogen) atoms. The van der Waals surface area contributed by atoms with Gasteiger partial charge in [-0.05, 0) is 41.5 Å². The molecule has 2 rings (SSSR count). The molecule has 4 N–H and O–H groups in total. The first-order chi connectivity index (χ1) is 8.58. The average Bonchev–Trinajstić information content (AvgIpc) is 2.52. The molecule has 2 unspecified atom stereocenters. The maximum absolute atomic E-state index is 13.5. The number of aliphatic hydroxyl groups excluding tert-OH is 1. The van der Waals surface area contributed by atoms with Gasteiger partial charge in [0.25, 0.3) is 0 Å². The molecule has 1 saturated carbocycles. The summed E-state index contributed by atoms with van der Waals surface area (Å²) >= 11 is 1.92. The molecule has 2 atom stereocenters. The fraction of sp³-hybridized carbons (Fsp3) is 0.538. The number of hydrogen-bond donors (Lipinski definition) is 3. The fourth-order valence-electron chi connectivity index (χ4n) is 2.34. The zero-order valence-corrected chi connectivity index (χ0v) is 12.3. The summed E-state index contributed by atoms with van der Waals surface area (Å²) < 4.78 is 14.0. The monoisotopic (exact) mass is 364 g/mol. The molecule has 3 nitrogen and oxygen atoms in total. The largest absolute Gasteiger partial charge is 0.397 e. The molecule has 0 bridgehead atoms. The summed E-state index contributed by atoms with van der Waals surface area (Å²) in [6.07, 6.45) is 4.59. The van der Waals surface area contributed by atoms with Crippen molar-refractivity contribution in [3.8, 4) is 0 Å². The number of nitrogens with one attached hydrogen (secondary N) is 1. The van der Waals surface area contributed by atoms with Crippen molar-refractivity contribution in [2.24, 2.45) is 0 Å². The molecule has 0 aliphatic heterocycles. The quantitative estimate of drug-likeness (QED) is 0.429. The molecule has 5 heteroatoms. The van der Waals surface area contributed by atoms with Gasteiger partial charge in [0.1, 0.15) is 5.82 Å². The van der Waals surface area contributed by atoms with Gasteiger partial charge >= 0.3 is 0 Å². The van der Waals surface area contributed by atoms with Crippen LogP contribution in [0.1, 0.15) is 32.1 Å². The van der Waals surface area contributed by atoms with Crippen LogP contribution in [0.5, 0.6) is 0 Å². The molecule has 1 fully saturated rings. The summed E-state index contributed by atoms with van der Waals surface area (Å²) in [5.41, 5.74) is 6.98. The van der Waals surface area contributed by atoms with E-state index >= 15 is 0 Å². The van der Waals surface area contributed by atoms with Gasteiger partial charge in [-0.2, -0.15) is 0 Å². The summed E-state index contributed by atoms with van der Waals surface area (Å²) in [7, 11) is 0. The maximum atomic E-state index is 13.5.